The van der Waals surface area contributed by atoms with Gasteiger partial charge in [-0.1, -0.05) is 50.2 Å². The third kappa shape index (κ3) is 2.71. The summed E-state index contributed by atoms with van der Waals surface area (Å²) in [6, 6.07) is 21.5. The van der Waals surface area contributed by atoms with Gasteiger partial charge >= 0.3 is 0 Å². The lowest BCUT2D eigenvalue weighted by Crippen LogP contribution is -2.57. The first kappa shape index (κ1) is 14.5. The number of benzene rings is 3. The van der Waals surface area contributed by atoms with Crippen LogP contribution in [0.15, 0.2) is 72.9 Å². The van der Waals surface area contributed by atoms with E-state index in [0.717, 1.165) is 39.2 Å². The van der Waals surface area contributed by atoms with E-state index in [9.17, 15) is 0 Å². The fourth-order valence-electron chi connectivity index (χ4n) is 4.62. The van der Waals surface area contributed by atoms with Gasteiger partial charge in [-0.15, -0.1) is 0 Å². The quantitative estimate of drug-likeness (QED) is 0.383. The van der Waals surface area contributed by atoms with E-state index in [1.54, 1.807) is 19.9 Å². The maximum absolute atomic E-state index is 8.59. The van der Waals surface area contributed by atoms with Crippen molar-refractivity contribution in [2.24, 2.45) is 0 Å². The van der Waals surface area contributed by atoms with E-state index in [1.165, 1.54) is 6.20 Å². The highest BCUT2D eigenvalue weighted by Crippen LogP contribution is 2.38. The molecule has 0 N–H and O–H groups in total. The molecule has 2 aliphatic heterocycles. The maximum atomic E-state index is 8.59. The highest BCUT2D eigenvalue weighted by atomic mass is 16.5. The number of hydrogen-bond acceptors (Lipinski definition) is 3. The van der Waals surface area contributed by atoms with Crippen molar-refractivity contribution in [3.05, 3.63) is 84.1 Å². The third-order valence-electron chi connectivity index (χ3n) is 6.05. The van der Waals surface area contributed by atoms with Gasteiger partial charge in [0.05, 0.1) is 5.69 Å². The van der Waals surface area contributed by atoms with Crippen molar-refractivity contribution >= 4 is 23.1 Å². The molecule has 0 amide bonds. The Balaban J connectivity index is 1.58. The summed E-state index contributed by atoms with van der Waals surface area (Å²) >= 11 is 0. The fourth-order valence-corrected chi connectivity index (χ4v) is 4.62. The molecule has 150 valence electrons. The van der Waals surface area contributed by atoms with Gasteiger partial charge in [0.2, 0.25) is 0 Å². The average molecular weight is 407 g/mol. The predicted octanol–water partition coefficient (Wildman–Crippen LogP) is 4.91. The molecule has 0 spiro atoms. The number of nitrogens with zero attached hydrogens (tertiary/aromatic N) is 1. The van der Waals surface area contributed by atoms with Crippen molar-refractivity contribution in [2.45, 2.75) is 26.6 Å². The van der Waals surface area contributed by atoms with E-state index in [0.29, 0.717) is 17.0 Å². The zero-order valence-corrected chi connectivity index (χ0v) is 17.3. The predicted molar refractivity (Wildman–Crippen MR) is 126 cm³/mol. The molecule has 0 saturated heterocycles. The Bertz CT molecular complexity index is 1490. The normalized spacial score (nSPS) is 15.7. The van der Waals surface area contributed by atoms with E-state index in [2.05, 4.69) is 17.1 Å². The van der Waals surface area contributed by atoms with Crippen molar-refractivity contribution in [3.63, 3.8) is 0 Å². The summed E-state index contributed by atoms with van der Waals surface area (Å²) in [5.41, 5.74) is 4.90. The molecule has 1 aromatic heterocycles. The minimum absolute atomic E-state index is 0.0661. The van der Waals surface area contributed by atoms with Crippen molar-refractivity contribution in [1.82, 2.24) is 4.98 Å². The molecule has 0 bridgehead atoms. The Morgan fingerprint density at radius 3 is 2.48 bits per heavy atom. The number of aromatic nitrogens is 1. The topological polar surface area (TPSA) is 31.4 Å². The standard InChI is InChI=1S/C27H22BNO2/c1-16(2)19-14-22(29-15-17(19)3)18-8-6-10-21-27(18)31-25-13-7-12-24-26(25)28(21)20-9-4-5-11-23(20)30-24/h4-16H,1-3H3/i3D3,16D. The molecular formula is C27H22BNO2. The van der Waals surface area contributed by atoms with Crippen LogP contribution in [-0.2, 0) is 0 Å². The van der Waals surface area contributed by atoms with Gasteiger partial charge in [0.1, 0.15) is 23.0 Å². The minimum atomic E-state index is -2.35. The fraction of sp³-hybridized carbons (Fsp3) is 0.148. The Hall–Kier alpha value is -3.53. The SMILES string of the molecule is [2H]C([2H])([2H])c1cnc(-c2cccc3c2Oc2cccc4c2B3c2ccccc2O4)cc1C([2H])(C)C. The second-order valence-corrected chi connectivity index (χ2v) is 8.18. The van der Waals surface area contributed by atoms with Gasteiger partial charge in [-0.25, -0.2) is 0 Å². The van der Waals surface area contributed by atoms with Crippen molar-refractivity contribution < 1.29 is 15.0 Å². The summed E-state index contributed by atoms with van der Waals surface area (Å²) in [4.78, 5) is 4.53. The van der Waals surface area contributed by atoms with Crippen LogP contribution in [0.3, 0.4) is 0 Å². The smallest absolute Gasteiger partial charge is 0.260 e. The first-order chi connectivity index (χ1) is 16.6. The van der Waals surface area contributed by atoms with Gasteiger partial charge in [0.25, 0.3) is 6.71 Å². The van der Waals surface area contributed by atoms with Crippen LogP contribution in [0, 0.1) is 6.85 Å². The molecule has 0 unspecified atom stereocenters. The largest absolute Gasteiger partial charge is 0.458 e. The molecule has 0 aliphatic carbocycles. The second-order valence-electron chi connectivity index (χ2n) is 8.18. The molecule has 6 rings (SSSR count). The van der Waals surface area contributed by atoms with Gasteiger partial charge in [-0.2, -0.15) is 0 Å². The molecule has 3 aromatic carbocycles. The van der Waals surface area contributed by atoms with Crippen LogP contribution in [0.25, 0.3) is 11.3 Å². The summed E-state index contributed by atoms with van der Waals surface area (Å²) in [6.45, 7) is 0.959. The number of rotatable bonds is 2. The number of para-hydroxylation sites is 2. The first-order valence-corrected chi connectivity index (χ1v) is 10.3. The number of aryl methyl sites for hydroxylation is 1. The van der Waals surface area contributed by atoms with Crippen molar-refractivity contribution in [1.29, 1.82) is 0 Å². The molecular weight excluding hydrogens is 381 g/mol. The molecule has 2 aliphatic rings. The summed E-state index contributed by atoms with van der Waals surface area (Å²) in [5.74, 6) is 1.89. The molecule has 0 atom stereocenters. The van der Waals surface area contributed by atoms with Crippen LogP contribution in [-0.4, -0.2) is 11.7 Å². The van der Waals surface area contributed by atoms with Gasteiger partial charge < -0.3 is 9.47 Å². The molecule has 0 fully saturated rings. The molecule has 0 radical (unpaired) electrons. The van der Waals surface area contributed by atoms with Crippen LogP contribution in [0.4, 0.5) is 0 Å². The monoisotopic (exact) mass is 407 g/mol. The minimum Gasteiger partial charge on any atom is -0.458 e. The van der Waals surface area contributed by atoms with Gasteiger partial charge in [0, 0.05) is 22.7 Å². The lowest BCUT2D eigenvalue weighted by atomic mass is 9.34. The summed E-state index contributed by atoms with van der Waals surface area (Å²) in [5, 5.41) is 0. The van der Waals surface area contributed by atoms with E-state index in [4.69, 9.17) is 15.0 Å². The molecule has 4 heteroatoms. The van der Waals surface area contributed by atoms with Crippen LogP contribution in [0.2, 0.25) is 0 Å². The van der Waals surface area contributed by atoms with E-state index >= 15 is 0 Å². The number of fused-ring (bicyclic) bond motifs is 4. The van der Waals surface area contributed by atoms with Gasteiger partial charge in [-0.3, -0.25) is 4.98 Å². The van der Waals surface area contributed by atoms with Gasteiger partial charge in [-0.05, 0) is 65.1 Å². The van der Waals surface area contributed by atoms with Gasteiger partial charge in [0.15, 0.2) is 0 Å². The van der Waals surface area contributed by atoms with E-state index in [-0.39, 0.29) is 12.3 Å². The van der Waals surface area contributed by atoms with E-state index in [1.807, 2.05) is 48.5 Å². The summed E-state index contributed by atoms with van der Waals surface area (Å²) in [6.07, 6.45) is 1.38. The zero-order chi connectivity index (χ0) is 24.5. The Labute approximate surface area is 188 Å². The van der Waals surface area contributed by atoms with Crippen molar-refractivity contribution in [2.75, 3.05) is 0 Å². The van der Waals surface area contributed by atoms with Crippen LogP contribution >= 0.6 is 0 Å². The molecule has 31 heavy (non-hydrogen) atoms. The number of ether oxygens (including phenoxy) is 2. The third-order valence-corrected chi connectivity index (χ3v) is 6.05. The highest BCUT2D eigenvalue weighted by molar-refractivity contribution is 6.98. The first-order valence-electron chi connectivity index (χ1n) is 12.3. The lowest BCUT2D eigenvalue weighted by molar-refractivity contribution is 0.465. The van der Waals surface area contributed by atoms with Crippen molar-refractivity contribution in [3.8, 4) is 34.3 Å². The van der Waals surface area contributed by atoms with Crippen LogP contribution in [0.1, 0.15) is 36.4 Å². The van der Waals surface area contributed by atoms with E-state index < -0.39 is 12.7 Å². The summed E-state index contributed by atoms with van der Waals surface area (Å²) < 4.78 is 45.0. The Morgan fingerprint density at radius 1 is 0.903 bits per heavy atom. The molecule has 3 heterocycles. The molecule has 4 aromatic rings. The maximum Gasteiger partial charge on any atom is 0.260 e. The molecule has 0 saturated carbocycles. The Morgan fingerprint density at radius 2 is 1.65 bits per heavy atom. The van der Waals surface area contributed by atoms with Crippen LogP contribution in [0.5, 0.6) is 23.0 Å². The number of pyridine rings is 1. The number of hydrogen-bond donors (Lipinski definition) is 0. The Kier molecular flexibility index (Phi) is 3.15. The van der Waals surface area contributed by atoms with Crippen LogP contribution < -0.4 is 25.9 Å². The lowest BCUT2D eigenvalue weighted by Gasteiger charge is -2.33. The average Bonchev–Trinajstić information content (AvgIpc) is 2.82. The summed E-state index contributed by atoms with van der Waals surface area (Å²) in [7, 11) is 0. The highest BCUT2D eigenvalue weighted by Gasteiger charge is 2.40. The molecule has 3 nitrogen and oxygen atoms in total. The second kappa shape index (κ2) is 6.74. The zero-order valence-electron chi connectivity index (χ0n) is 21.3.